The fourth-order valence-electron chi connectivity index (χ4n) is 2.80. The SMILES string of the molecule is CCCC(CNC)N(C)C1CCCCC1. The molecule has 1 unspecified atom stereocenters. The zero-order valence-electron chi connectivity index (χ0n) is 10.8. The Bertz CT molecular complexity index is 147. The monoisotopic (exact) mass is 212 g/mol. The molecule has 0 aromatic carbocycles. The number of rotatable bonds is 6. The second kappa shape index (κ2) is 7.24. The minimum absolute atomic E-state index is 0.739. The van der Waals surface area contributed by atoms with Gasteiger partial charge in [0.05, 0.1) is 0 Å². The van der Waals surface area contributed by atoms with Gasteiger partial charge in [-0.2, -0.15) is 0 Å². The van der Waals surface area contributed by atoms with Crippen LogP contribution >= 0.6 is 0 Å². The summed E-state index contributed by atoms with van der Waals surface area (Å²) in [7, 11) is 4.39. The van der Waals surface area contributed by atoms with Crippen LogP contribution in [-0.2, 0) is 0 Å². The van der Waals surface area contributed by atoms with Crippen LogP contribution in [0, 0.1) is 0 Å². The van der Waals surface area contributed by atoms with E-state index in [-0.39, 0.29) is 0 Å². The third-order valence-electron chi connectivity index (χ3n) is 3.79. The van der Waals surface area contributed by atoms with E-state index in [1.54, 1.807) is 0 Å². The van der Waals surface area contributed by atoms with Gasteiger partial charge in [-0.1, -0.05) is 32.6 Å². The van der Waals surface area contributed by atoms with Crippen LogP contribution in [0.1, 0.15) is 51.9 Å². The zero-order valence-corrected chi connectivity index (χ0v) is 10.8. The molecule has 0 heterocycles. The summed E-state index contributed by atoms with van der Waals surface area (Å²) < 4.78 is 0. The van der Waals surface area contributed by atoms with E-state index in [0.29, 0.717) is 0 Å². The minimum Gasteiger partial charge on any atom is -0.318 e. The Morgan fingerprint density at radius 1 is 1.27 bits per heavy atom. The summed E-state index contributed by atoms with van der Waals surface area (Å²) in [6, 6.07) is 1.59. The van der Waals surface area contributed by atoms with Crippen LogP contribution in [0.25, 0.3) is 0 Å². The van der Waals surface area contributed by atoms with Gasteiger partial charge in [0, 0.05) is 18.6 Å². The molecule has 0 spiro atoms. The molecule has 0 aliphatic heterocycles. The van der Waals surface area contributed by atoms with Crippen molar-refractivity contribution in [2.75, 3.05) is 20.6 Å². The maximum atomic E-state index is 3.33. The average molecular weight is 212 g/mol. The van der Waals surface area contributed by atoms with Gasteiger partial charge in [0.1, 0.15) is 0 Å². The molecule has 15 heavy (non-hydrogen) atoms. The molecule has 2 heteroatoms. The van der Waals surface area contributed by atoms with Gasteiger partial charge >= 0.3 is 0 Å². The molecule has 1 rings (SSSR count). The average Bonchev–Trinajstić information content (AvgIpc) is 2.29. The zero-order chi connectivity index (χ0) is 11.1. The van der Waals surface area contributed by atoms with Gasteiger partial charge in [-0.3, -0.25) is 4.90 Å². The molecule has 0 aromatic heterocycles. The Balaban J connectivity index is 2.41. The highest BCUT2D eigenvalue weighted by Gasteiger charge is 2.23. The first-order valence-electron chi connectivity index (χ1n) is 6.66. The third kappa shape index (κ3) is 4.12. The maximum absolute atomic E-state index is 3.33. The topological polar surface area (TPSA) is 15.3 Å². The van der Waals surface area contributed by atoms with Crippen molar-refractivity contribution >= 4 is 0 Å². The van der Waals surface area contributed by atoms with Gasteiger partial charge < -0.3 is 5.32 Å². The van der Waals surface area contributed by atoms with Gasteiger partial charge in [0.15, 0.2) is 0 Å². The van der Waals surface area contributed by atoms with E-state index in [1.165, 1.54) is 44.9 Å². The highest BCUT2D eigenvalue weighted by atomic mass is 15.2. The summed E-state index contributed by atoms with van der Waals surface area (Å²) in [5, 5.41) is 3.33. The predicted molar refractivity (Wildman–Crippen MR) is 67.3 cm³/mol. The molecule has 0 bridgehead atoms. The van der Waals surface area contributed by atoms with E-state index in [1.807, 2.05) is 0 Å². The molecule has 1 saturated carbocycles. The summed E-state index contributed by atoms with van der Waals surface area (Å²) in [5.74, 6) is 0. The quantitative estimate of drug-likeness (QED) is 0.728. The van der Waals surface area contributed by atoms with E-state index in [0.717, 1.165) is 18.6 Å². The fraction of sp³-hybridized carbons (Fsp3) is 1.00. The molecule has 0 aromatic rings. The Morgan fingerprint density at radius 2 is 1.93 bits per heavy atom. The highest BCUT2D eigenvalue weighted by molar-refractivity contribution is 4.80. The number of nitrogens with zero attached hydrogens (tertiary/aromatic N) is 1. The second-order valence-corrected chi connectivity index (χ2v) is 4.96. The van der Waals surface area contributed by atoms with Gasteiger partial charge in [0.2, 0.25) is 0 Å². The smallest absolute Gasteiger partial charge is 0.0220 e. The molecule has 1 aliphatic rings. The van der Waals surface area contributed by atoms with E-state index in [4.69, 9.17) is 0 Å². The van der Waals surface area contributed by atoms with Crippen molar-refractivity contribution in [3.05, 3.63) is 0 Å². The maximum Gasteiger partial charge on any atom is 0.0220 e. The van der Waals surface area contributed by atoms with Crippen LogP contribution in [0.15, 0.2) is 0 Å². The van der Waals surface area contributed by atoms with Gasteiger partial charge in [-0.05, 0) is 33.4 Å². The fourth-order valence-corrected chi connectivity index (χ4v) is 2.80. The number of hydrogen-bond donors (Lipinski definition) is 1. The lowest BCUT2D eigenvalue weighted by molar-refractivity contribution is 0.129. The molecule has 2 nitrogen and oxygen atoms in total. The van der Waals surface area contributed by atoms with Gasteiger partial charge in [0.25, 0.3) is 0 Å². The molecular weight excluding hydrogens is 184 g/mol. The second-order valence-electron chi connectivity index (χ2n) is 4.96. The van der Waals surface area contributed by atoms with Gasteiger partial charge in [-0.15, -0.1) is 0 Å². The van der Waals surface area contributed by atoms with E-state index in [9.17, 15) is 0 Å². The summed E-state index contributed by atoms with van der Waals surface area (Å²) >= 11 is 0. The van der Waals surface area contributed by atoms with Crippen LogP contribution in [-0.4, -0.2) is 37.6 Å². The van der Waals surface area contributed by atoms with E-state index >= 15 is 0 Å². The van der Waals surface area contributed by atoms with Gasteiger partial charge in [-0.25, -0.2) is 0 Å². The van der Waals surface area contributed by atoms with Crippen molar-refractivity contribution in [3.63, 3.8) is 0 Å². The number of nitrogens with one attached hydrogen (secondary N) is 1. The summed E-state index contributed by atoms with van der Waals surface area (Å²) in [6.45, 7) is 3.43. The van der Waals surface area contributed by atoms with Crippen LogP contribution in [0.3, 0.4) is 0 Å². The first-order chi connectivity index (χ1) is 7.29. The summed E-state index contributed by atoms with van der Waals surface area (Å²) in [5.41, 5.74) is 0. The molecule has 0 radical (unpaired) electrons. The molecule has 90 valence electrons. The Kier molecular flexibility index (Phi) is 6.26. The first kappa shape index (κ1) is 13.0. The first-order valence-corrected chi connectivity index (χ1v) is 6.66. The Morgan fingerprint density at radius 3 is 2.47 bits per heavy atom. The van der Waals surface area contributed by atoms with E-state index < -0.39 is 0 Å². The molecule has 1 fully saturated rings. The Labute approximate surface area is 95.4 Å². The number of hydrogen-bond acceptors (Lipinski definition) is 2. The van der Waals surface area contributed by atoms with Crippen LogP contribution in [0.4, 0.5) is 0 Å². The molecule has 1 aliphatic carbocycles. The lowest BCUT2D eigenvalue weighted by Crippen LogP contribution is -2.45. The number of likely N-dealkylation sites (N-methyl/N-ethyl adjacent to an activating group) is 2. The van der Waals surface area contributed by atoms with Crippen molar-refractivity contribution in [1.82, 2.24) is 10.2 Å². The summed E-state index contributed by atoms with van der Waals surface area (Å²) in [4.78, 5) is 2.64. The lowest BCUT2D eigenvalue weighted by atomic mass is 9.93. The third-order valence-corrected chi connectivity index (χ3v) is 3.79. The molecule has 1 atom stereocenters. The van der Waals surface area contributed by atoms with Crippen molar-refractivity contribution in [2.24, 2.45) is 0 Å². The standard InChI is InChI=1S/C13H28N2/c1-4-8-13(11-14-2)15(3)12-9-6-5-7-10-12/h12-14H,4-11H2,1-3H3. The lowest BCUT2D eigenvalue weighted by Gasteiger charge is -2.37. The van der Waals surface area contributed by atoms with Crippen LogP contribution in [0.2, 0.25) is 0 Å². The largest absolute Gasteiger partial charge is 0.318 e. The predicted octanol–water partition coefficient (Wildman–Crippen LogP) is 2.64. The molecule has 1 N–H and O–H groups in total. The van der Waals surface area contributed by atoms with Crippen molar-refractivity contribution in [3.8, 4) is 0 Å². The van der Waals surface area contributed by atoms with Crippen molar-refractivity contribution in [2.45, 2.75) is 64.0 Å². The van der Waals surface area contributed by atoms with Crippen LogP contribution in [0.5, 0.6) is 0 Å². The Hall–Kier alpha value is -0.0800. The van der Waals surface area contributed by atoms with E-state index in [2.05, 4.69) is 31.2 Å². The molecule has 0 saturated heterocycles. The normalized spacial score (nSPS) is 20.8. The van der Waals surface area contributed by atoms with Crippen LogP contribution < -0.4 is 5.32 Å². The van der Waals surface area contributed by atoms with Crippen molar-refractivity contribution < 1.29 is 0 Å². The van der Waals surface area contributed by atoms with Crippen molar-refractivity contribution in [1.29, 1.82) is 0 Å². The molecular formula is C13H28N2. The molecule has 0 amide bonds. The highest BCUT2D eigenvalue weighted by Crippen LogP contribution is 2.23. The minimum atomic E-state index is 0.739. The summed E-state index contributed by atoms with van der Waals surface area (Å²) in [6.07, 6.45) is 9.79.